The van der Waals surface area contributed by atoms with E-state index in [0.717, 1.165) is 23.8 Å². The number of aliphatic hydroxyl groups excluding tert-OH is 1. The first-order valence-corrected chi connectivity index (χ1v) is 6.51. The van der Waals surface area contributed by atoms with Crippen molar-refractivity contribution >= 4 is 0 Å². The van der Waals surface area contributed by atoms with Gasteiger partial charge in [0.05, 0.1) is 6.61 Å². The maximum atomic E-state index is 8.96. The third-order valence-corrected chi connectivity index (χ3v) is 4.95. The molecule has 1 N–H and O–H groups in total. The van der Waals surface area contributed by atoms with E-state index in [-0.39, 0.29) is 6.61 Å². The smallest absolute Gasteiger partial charge is 0.0639 e. The quantitative estimate of drug-likeness (QED) is 0.716. The van der Waals surface area contributed by atoms with Crippen molar-refractivity contribution in [2.75, 3.05) is 6.61 Å². The highest BCUT2D eigenvalue weighted by molar-refractivity contribution is 5.22. The van der Waals surface area contributed by atoms with E-state index in [1.54, 1.807) is 5.57 Å². The highest BCUT2D eigenvalue weighted by atomic mass is 16.3. The lowest BCUT2D eigenvalue weighted by Crippen LogP contribution is -2.49. The topological polar surface area (TPSA) is 20.2 Å². The molecule has 1 saturated carbocycles. The van der Waals surface area contributed by atoms with Crippen molar-refractivity contribution < 1.29 is 5.11 Å². The Balaban J connectivity index is 1.94. The molecule has 0 aromatic heterocycles. The molecule has 1 nitrogen and oxygen atoms in total. The highest BCUT2D eigenvalue weighted by Crippen LogP contribution is 2.61. The van der Waals surface area contributed by atoms with E-state index in [1.807, 2.05) is 6.92 Å². The van der Waals surface area contributed by atoms with Crippen LogP contribution in [0.25, 0.3) is 0 Å². The minimum atomic E-state index is 0.211. The standard InChI is InChI=1S/C15H24O/c1-11(10-16)5-4-8-15(3)13-7-6-12(2)14(15)9-13/h5-6,13-14,16H,4,7-10H2,1-3H3/b11-5+/t13?,14?,15-/m1/s1. The molecular formula is C15H24O. The zero-order valence-corrected chi connectivity index (χ0v) is 10.8. The van der Waals surface area contributed by atoms with Gasteiger partial charge in [-0.1, -0.05) is 30.2 Å². The van der Waals surface area contributed by atoms with Crippen LogP contribution in [0.3, 0.4) is 0 Å². The van der Waals surface area contributed by atoms with Crippen LogP contribution in [0.1, 0.15) is 46.5 Å². The number of aliphatic hydroxyl groups is 1. The molecule has 0 heterocycles. The van der Waals surface area contributed by atoms with Crippen molar-refractivity contribution in [3.8, 4) is 0 Å². The van der Waals surface area contributed by atoms with Gasteiger partial charge in [-0.3, -0.25) is 0 Å². The molecule has 1 fully saturated rings. The molecule has 0 aliphatic heterocycles. The van der Waals surface area contributed by atoms with Crippen LogP contribution in [-0.4, -0.2) is 11.7 Å². The normalized spacial score (nSPS) is 38.0. The average Bonchev–Trinajstić information content (AvgIpc) is 2.28. The van der Waals surface area contributed by atoms with Crippen LogP contribution < -0.4 is 0 Å². The third kappa shape index (κ3) is 1.86. The lowest BCUT2D eigenvalue weighted by Gasteiger charge is -2.58. The van der Waals surface area contributed by atoms with E-state index in [9.17, 15) is 0 Å². The molecule has 0 amide bonds. The van der Waals surface area contributed by atoms with Crippen molar-refractivity contribution in [1.29, 1.82) is 0 Å². The Morgan fingerprint density at radius 2 is 2.38 bits per heavy atom. The number of hydrogen-bond acceptors (Lipinski definition) is 1. The number of fused-ring (bicyclic) bond motifs is 1. The summed E-state index contributed by atoms with van der Waals surface area (Å²) >= 11 is 0. The lowest BCUT2D eigenvalue weighted by molar-refractivity contribution is -0.0312. The molecular weight excluding hydrogens is 196 g/mol. The van der Waals surface area contributed by atoms with Gasteiger partial charge in [-0.2, -0.15) is 0 Å². The molecule has 3 atom stereocenters. The summed E-state index contributed by atoms with van der Waals surface area (Å²) in [6.45, 7) is 6.98. The number of hydrogen-bond donors (Lipinski definition) is 1. The fraction of sp³-hybridized carbons (Fsp3) is 0.733. The van der Waals surface area contributed by atoms with Crippen LogP contribution in [0.15, 0.2) is 23.3 Å². The van der Waals surface area contributed by atoms with Crippen LogP contribution in [-0.2, 0) is 0 Å². The van der Waals surface area contributed by atoms with E-state index < -0.39 is 0 Å². The molecule has 3 aliphatic rings. The van der Waals surface area contributed by atoms with Gasteiger partial charge in [-0.05, 0) is 56.8 Å². The monoisotopic (exact) mass is 220 g/mol. The predicted molar refractivity (Wildman–Crippen MR) is 68.2 cm³/mol. The Labute approximate surface area is 99.3 Å². The van der Waals surface area contributed by atoms with E-state index in [0.29, 0.717) is 5.41 Å². The van der Waals surface area contributed by atoms with Crippen molar-refractivity contribution in [2.45, 2.75) is 46.5 Å². The molecule has 2 bridgehead atoms. The molecule has 0 spiro atoms. The Morgan fingerprint density at radius 1 is 1.62 bits per heavy atom. The minimum absolute atomic E-state index is 0.211. The summed E-state index contributed by atoms with van der Waals surface area (Å²) in [6, 6.07) is 0. The molecule has 0 saturated heterocycles. The second-order valence-electron chi connectivity index (χ2n) is 5.92. The van der Waals surface area contributed by atoms with Crippen LogP contribution in [0.4, 0.5) is 0 Å². The molecule has 0 radical (unpaired) electrons. The van der Waals surface area contributed by atoms with Crippen molar-refractivity contribution in [3.05, 3.63) is 23.3 Å². The lowest BCUT2D eigenvalue weighted by atomic mass is 9.47. The van der Waals surface area contributed by atoms with Crippen LogP contribution in [0.5, 0.6) is 0 Å². The summed E-state index contributed by atoms with van der Waals surface area (Å²) in [5.41, 5.74) is 3.28. The predicted octanol–water partition coefficient (Wildman–Crippen LogP) is 3.70. The second-order valence-corrected chi connectivity index (χ2v) is 5.92. The first-order valence-electron chi connectivity index (χ1n) is 6.51. The molecule has 90 valence electrons. The van der Waals surface area contributed by atoms with E-state index in [4.69, 9.17) is 5.11 Å². The zero-order valence-electron chi connectivity index (χ0n) is 10.8. The van der Waals surface area contributed by atoms with Crippen LogP contribution >= 0.6 is 0 Å². The summed E-state index contributed by atoms with van der Waals surface area (Å²) in [5.74, 6) is 1.76. The molecule has 1 heteroatoms. The second kappa shape index (κ2) is 4.37. The summed E-state index contributed by atoms with van der Waals surface area (Å²) in [4.78, 5) is 0. The summed E-state index contributed by atoms with van der Waals surface area (Å²) < 4.78 is 0. The summed E-state index contributed by atoms with van der Waals surface area (Å²) in [6.07, 6.45) is 9.77. The molecule has 3 rings (SSSR count). The van der Waals surface area contributed by atoms with Crippen molar-refractivity contribution in [3.63, 3.8) is 0 Å². The van der Waals surface area contributed by atoms with E-state index in [1.165, 1.54) is 19.3 Å². The van der Waals surface area contributed by atoms with Gasteiger partial charge in [-0.15, -0.1) is 0 Å². The zero-order chi connectivity index (χ0) is 11.8. The Kier molecular flexibility index (Phi) is 3.25. The maximum Gasteiger partial charge on any atom is 0.0639 e. The first-order chi connectivity index (χ1) is 7.58. The summed E-state index contributed by atoms with van der Waals surface area (Å²) in [5, 5.41) is 8.96. The molecule has 3 aliphatic carbocycles. The van der Waals surface area contributed by atoms with Gasteiger partial charge in [0, 0.05) is 0 Å². The van der Waals surface area contributed by atoms with Gasteiger partial charge in [0.2, 0.25) is 0 Å². The average molecular weight is 220 g/mol. The number of rotatable bonds is 4. The SMILES string of the molecule is CC1=CCC2CC1[C@]2(C)CC/C=C(\C)CO. The Bertz CT molecular complexity index is 326. The minimum Gasteiger partial charge on any atom is -0.392 e. The molecule has 2 unspecified atom stereocenters. The van der Waals surface area contributed by atoms with Gasteiger partial charge in [-0.25, -0.2) is 0 Å². The van der Waals surface area contributed by atoms with Gasteiger partial charge in [0.1, 0.15) is 0 Å². The fourth-order valence-electron chi connectivity index (χ4n) is 3.56. The van der Waals surface area contributed by atoms with E-state index >= 15 is 0 Å². The van der Waals surface area contributed by atoms with Gasteiger partial charge in [0.15, 0.2) is 0 Å². The Morgan fingerprint density at radius 3 is 2.94 bits per heavy atom. The van der Waals surface area contributed by atoms with Crippen LogP contribution in [0.2, 0.25) is 0 Å². The van der Waals surface area contributed by atoms with Crippen LogP contribution in [0, 0.1) is 17.3 Å². The van der Waals surface area contributed by atoms with E-state index in [2.05, 4.69) is 26.0 Å². The Hall–Kier alpha value is -0.560. The third-order valence-electron chi connectivity index (χ3n) is 4.95. The van der Waals surface area contributed by atoms with Gasteiger partial charge < -0.3 is 5.11 Å². The molecule has 0 aromatic rings. The summed E-state index contributed by atoms with van der Waals surface area (Å²) in [7, 11) is 0. The fourth-order valence-corrected chi connectivity index (χ4v) is 3.56. The van der Waals surface area contributed by atoms with Crippen molar-refractivity contribution in [1.82, 2.24) is 0 Å². The number of allylic oxidation sites excluding steroid dienone is 3. The molecule has 0 aromatic carbocycles. The highest BCUT2D eigenvalue weighted by Gasteiger charge is 2.52. The largest absolute Gasteiger partial charge is 0.392 e. The van der Waals surface area contributed by atoms with Gasteiger partial charge >= 0.3 is 0 Å². The molecule has 16 heavy (non-hydrogen) atoms. The first kappa shape index (κ1) is 11.9. The maximum absolute atomic E-state index is 8.96. The van der Waals surface area contributed by atoms with Gasteiger partial charge in [0.25, 0.3) is 0 Å². The van der Waals surface area contributed by atoms with Crippen molar-refractivity contribution in [2.24, 2.45) is 17.3 Å².